The summed E-state index contributed by atoms with van der Waals surface area (Å²) in [6, 6.07) is 4.96. The van der Waals surface area contributed by atoms with E-state index in [0.717, 1.165) is 13.1 Å². The van der Waals surface area contributed by atoms with Crippen molar-refractivity contribution < 1.29 is 19.1 Å². The summed E-state index contributed by atoms with van der Waals surface area (Å²) in [7, 11) is 1.29. The average molecular weight is 348 g/mol. The number of esters is 1. The molecule has 2 aromatic rings. The van der Waals surface area contributed by atoms with Crippen LogP contribution in [-0.2, 0) is 9.47 Å². The van der Waals surface area contributed by atoms with Crippen LogP contribution in [-0.4, -0.2) is 55.5 Å². The maximum absolute atomic E-state index is 12.3. The van der Waals surface area contributed by atoms with E-state index >= 15 is 0 Å². The summed E-state index contributed by atoms with van der Waals surface area (Å²) < 4.78 is 9.97. The van der Waals surface area contributed by atoms with Crippen molar-refractivity contribution >= 4 is 34.0 Å². The highest BCUT2D eigenvalue weighted by molar-refractivity contribution is 7.14. The van der Waals surface area contributed by atoms with Gasteiger partial charge < -0.3 is 19.7 Å². The molecule has 3 rings (SSSR count). The summed E-state index contributed by atoms with van der Waals surface area (Å²) in [4.78, 5) is 25.9. The number of thiophene rings is 1. The predicted octanol–water partition coefficient (Wildman–Crippen LogP) is 1.41. The smallest absolute Gasteiger partial charge is 0.340 e. The molecule has 0 aliphatic carbocycles. The second-order valence-electron chi connectivity index (χ2n) is 4.99. The molecule has 0 unspecified atom stereocenters. The molecule has 1 fully saturated rings. The highest BCUT2D eigenvalue weighted by Gasteiger charge is 2.18. The Labute approximate surface area is 142 Å². The van der Waals surface area contributed by atoms with Gasteiger partial charge in [0.2, 0.25) is 0 Å². The molecule has 1 N–H and O–H groups in total. The first-order valence-corrected chi connectivity index (χ1v) is 8.20. The number of amides is 1. The molecule has 1 amide bonds. The van der Waals surface area contributed by atoms with Gasteiger partial charge in [0.15, 0.2) is 11.5 Å². The van der Waals surface area contributed by atoms with Gasteiger partial charge in [-0.1, -0.05) is 0 Å². The van der Waals surface area contributed by atoms with Crippen LogP contribution in [0.2, 0.25) is 0 Å². The van der Waals surface area contributed by atoms with Crippen molar-refractivity contribution in [1.82, 2.24) is 10.2 Å². The van der Waals surface area contributed by atoms with Crippen molar-refractivity contribution in [3.05, 3.63) is 34.8 Å². The minimum absolute atomic E-state index is 0.177. The number of hydrogen-bond acceptors (Lipinski definition) is 8. The molecule has 0 radical (unpaired) electrons. The number of nitrogens with one attached hydrogen (secondary N) is 1. The molecule has 8 nitrogen and oxygen atoms in total. The third kappa shape index (κ3) is 3.52. The average Bonchev–Trinajstić information content (AvgIpc) is 3.10. The molecule has 0 saturated carbocycles. The van der Waals surface area contributed by atoms with E-state index < -0.39 is 11.9 Å². The molecule has 126 valence electrons. The number of aromatic nitrogens is 2. The largest absolute Gasteiger partial charge is 0.465 e. The molecule has 0 bridgehead atoms. The van der Waals surface area contributed by atoms with E-state index in [4.69, 9.17) is 4.74 Å². The van der Waals surface area contributed by atoms with E-state index in [9.17, 15) is 9.59 Å². The van der Waals surface area contributed by atoms with Crippen LogP contribution in [0.15, 0.2) is 23.6 Å². The van der Waals surface area contributed by atoms with Gasteiger partial charge in [0, 0.05) is 13.1 Å². The number of nitrogens with zero attached hydrogens (tertiary/aromatic N) is 3. The quantitative estimate of drug-likeness (QED) is 0.835. The summed E-state index contributed by atoms with van der Waals surface area (Å²) in [6.07, 6.45) is 0. The first-order valence-electron chi connectivity index (χ1n) is 7.32. The molecule has 1 saturated heterocycles. The lowest BCUT2D eigenvalue weighted by Gasteiger charge is -2.27. The lowest BCUT2D eigenvalue weighted by molar-refractivity contribution is 0.0602. The van der Waals surface area contributed by atoms with Gasteiger partial charge in [-0.15, -0.1) is 21.5 Å². The molecule has 0 atom stereocenters. The van der Waals surface area contributed by atoms with Crippen LogP contribution >= 0.6 is 11.3 Å². The van der Waals surface area contributed by atoms with Crippen LogP contribution in [0.25, 0.3) is 0 Å². The van der Waals surface area contributed by atoms with Crippen LogP contribution in [0.5, 0.6) is 0 Å². The standard InChI is InChI=1S/C15H16N4O4S/c1-22-15(21)10-4-9-24-14(10)16-13(20)11-2-3-12(18-17-11)19-5-7-23-8-6-19/h2-4,9H,5-8H2,1H3,(H,16,20). The van der Waals surface area contributed by atoms with Crippen LogP contribution < -0.4 is 10.2 Å². The minimum atomic E-state index is -0.500. The minimum Gasteiger partial charge on any atom is -0.465 e. The number of anilines is 2. The summed E-state index contributed by atoms with van der Waals surface area (Å²) >= 11 is 1.24. The van der Waals surface area contributed by atoms with Crippen molar-refractivity contribution in [1.29, 1.82) is 0 Å². The molecular formula is C15H16N4O4S. The number of rotatable bonds is 4. The summed E-state index contributed by atoms with van der Waals surface area (Å²) in [5.41, 5.74) is 0.491. The van der Waals surface area contributed by atoms with Gasteiger partial charge in [0.05, 0.1) is 25.9 Å². The van der Waals surface area contributed by atoms with Gasteiger partial charge in [-0.05, 0) is 23.6 Å². The Bertz CT molecular complexity index is 725. The zero-order valence-corrected chi connectivity index (χ0v) is 13.8. The van der Waals surface area contributed by atoms with Crippen LogP contribution in [0.4, 0.5) is 10.8 Å². The molecule has 1 aliphatic heterocycles. The van der Waals surface area contributed by atoms with E-state index in [1.807, 2.05) is 4.90 Å². The second-order valence-corrected chi connectivity index (χ2v) is 5.90. The third-order valence-corrected chi connectivity index (χ3v) is 4.35. The van der Waals surface area contributed by atoms with Crippen molar-refractivity contribution in [2.24, 2.45) is 0 Å². The molecular weight excluding hydrogens is 332 g/mol. The Morgan fingerprint density at radius 1 is 1.25 bits per heavy atom. The topological polar surface area (TPSA) is 93.7 Å². The molecule has 0 spiro atoms. The fraction of sp³-hybridized carbons (Fsp3) is 0.333. The van der Waals surface area contributed by atoms with E-state index in [-0.39, 0.29) is 5.69 Å². The van der Waals surface area contributed by atoms with E-state index in [1.54, 1.807) is 23.6 Å². The molecule has 2 aromatic heterocycles. The lowest BCUT2D eigenvalue weighted by atomic mass is 10.3. The monoisotopic (exact) mass is 348 g/mol. The van der Waals surface area contributed by atoms with Crippen molar-refractivity contribution in [3.8, 4) is 0 Å². The summed E-state index contributed by atoms with van der Waals surface area (Å²) in [6.45, 7) is 2.80. The van der Waals surface area contributed by atoms with Crippen LogP contribution in [0.3, 0.4) is 0 Å². The highest BCUT2D eigenvalue weighted by Crippen LogP contribution is 2.24. The van der Waals surface area contributed by atoms with Crippen molar-refractivity contribution in [2.45, 2.75) is 0 Å². The number of morpholine rings is 1. The van der Waals surface area contributed by atoms with Gasteiger partial charge >= 0.3 is 5.97 Å². The predicted molar refractivity (Wildman–Crippen MR) is 88.7 cm³/mol. The maximum atomic E-state index is 12.3. The van der Waals surface area contributed by atoms with Crippen molar-refractivity contribution in [2.75, 3.05) is 43.6 Å². The number of carbonyl (C=O) groups excluding carboxylic acids is 2. The highest BCUT2D eigenvalue weighted by atomic mass is 32.1. The summed E-state index contributed by atoms with van der Waals surface area (Å²) in [5.74, 6) is -0.217. The zero-order chi connectivity index (χ0) is 16.9. The lowest BCUT2D eigenvalue weighted by Crippen LogP contribution is -2.37. The first kappa shape index (κ1) is 16.3. The second kappa shape index (κ2) is 7.37. The number of hydrogen-bond donors (Lipinski definition) is 1. The summed E-state index contributed by atoms with van der Waals surface area (Å²) in [5, 5.41) is 12.9. The number of methoxy groups -OCH3 is 1. The Morgan fingerprint density at radius 2 is 2.04 bits per heavy atom. The Hall–Kier alpha value is -2.52. The van der Waals surface area contributed by atoms with E-state index in [2.05, 4.69) is 20.3 Å². The first-order chi connectivity index (χ1) is 11.7. The third-order valence-electron chi connectivity index (χ3n) is 3.52. The maximum Gasteiger partial charge on any atom is 0.340 e. The Morgan fingerprint density at radius 3 is 2.71 bits per heavy atom. The van der Waals surface area contributed by atoms with Gasteiger partial charge in [-0.3, -0.25) is 4.79 Å². The van der Waals surface area contributed by atoms with E-state index in [0.29, 0.717) is 29.6 Å². The molecule has 0 aromatic carbocycles. The SMILES string of the molecule is COC(=O)c1ccsc1NC(=O)c1ccc(N2CCOCC2)nn1. The van der Waals surface area contributed by atoms with Crippen molar-refractivity contribution in [3.63, 3.8) is 0 Å². The number of carbonyl (C=O) groups is 2. The molecule has 9 heteroatoms. The van der Waals surface area contributed by atoms with Gasteiger partial charge in [-0.25, -0.2) is 4.79 Å². The molecule has 3 heterocycles. The van der Waals surface area contributed by atoms with Gasteiger partial charge in [-0.2, -0.15) is 0 Å². The fourth-order valence-corrected chi connectivity index (χ4v) is 3.02. The number of ether oxygens (including phenoxy) is 2. The fourth-order valence-electron chi connectivity index (χ4n) is 2.25. The van der Waals surface area contributed by atoms with E-state index in [1.165, 1.54) is 18.4 Å². The Balaban J connectivity index is 1.69. The van der Waals surface area contributed by atoms with Gasteiger partial charge in [0.1, 0.15) is 5.00 Å². The van der Waals surface area contributed by atoms with Gasteiger partial charge in [0.25, 0.3) is 5.91 Å². The molecule has 1 aliphatic rings. The van der Waals surface area contributed by atoms with Crippen LogP contribution in [0, 0.1) is 0 Å². The van der Waals surface area contributed by atoms with Crippen LogP contribution in [0.1, 0.15) is 20.8 Å². The Kier molecular flexibility index (Phi) is 5.02. The normalized spacial score (nSPS) is 14.3. The molecule has 24 heavy (non-hydrogen) atoms. The zero-order valence-electron chi connectivity index (χ0n) is 13.0.